The van der Waals surface area contributed by atoms with Crippen LogP contribution in [-0.2, 0) is 4.79 Å². The maximum Gasteiger partial charge on any atom is 0.322 e. The average molecular weight is 216 g/mol. The maximum atomic E-state index is 10.9. The lowest BCUT2D eigenvalue weighted by atomic mass is 10.1. The van der Waals surface area contributed by atoms with E-state index >= 15 is 0 Å². The Balaban J connectivity index is 4.09. The van der Waals surface area contributed by atoms with Crippen LogP contribution in [0.4, 0.5) is 0 Å². The summed E-state index contributed by atoms with van der Waals surface area (Å²) in [6.45, 7) is 7.44. The Hall–Kier alpha value is -0.610. The van der Waals surface area contributed by atoms with Crippen LogP contribution in [-0.4, -0.2) is 48.2 Å². The minimum Gasteiger partial charge on any atom is -0.480 e. The van der Waals surface area contributed by atoms with Crippen molar-refractivity contribution in [3.63, 3.8) is 0 Å². The van der Waals surface area contributed by atoms with Gasteiger partial charge in [0.1, 0.15) is 6.04 Å². The second kappa shape index (κ2) is 7.65. The van der Waals surface area contributed by atoms with Gasteiger partial charge in [-0.25, -0.2) is 0 Å². The molecule has 0 fully saturated rings. The number of aliphatic carboxylic acids is 1. The van der Waals surface area contributed by atoms with Gasteiger partial charge in [-0.15, -0.1) is 0 Å². The fourth-order valence-corrected chi connectivity index (χ4v) is 1.58. The number of hydrogen-bond acceptors (Lipinski definition) is 3. The Morgan fingerprint density at radius 1 is 1.47 bits per heavy atom. The summed E-state index contributed by atoms with van der Waals surface area (Å²) in [7, 11) is 1.98. The molecule has 0 aliphatic rings. The summed E-state index contributed by atoms with van der Waals surface area (Å²) in [6, 6.07) is -0.0187. The van der Waals surface area contributed by atoms with Crippen molar-refractivity contribution in [1.82, 2.24) is 10.2 Å². The zero-order chi connectivity index (χ0) is 11.8. The van der Waals surface area contributed by atoms with E-state index in [1.807, 2.05) is 14.0 Å². The third-order valence-corrected chi connectivity index (χ3v) is 2.68. The van der Waals surface area contributed by atoms with Crippen molar-refractivity contribution in [2.75, 3.05) is 20.1 Å². The molecule has 15 heavy (non-hydrogen) atoms. The fourth-order valence-electron chi connectivity index (χ4n) is 1.58. The van der Waals surface area contributed by atoms with E-state index in [1.165, 1.54) is 0 Å². The zero-order valence-corrected chi connectivity index (χ0v) is 10.3. The summed E-state index contributed by atoms with van der Waals surface area (Å²) in [5.74, 6) is -0.771. The van der Waals surface area contributed by atoms with Gasteiger partial charge in [-0.05, 0) is 26.9 Å². The van der Waals surface area contributed by atoms with Crippen LogP contribution in [0.1, 0.15) is 33.6 Å². The van der Waals surface area contributed by atoms with Crippen molar-refractivity contribution < 1.29 is 9.90 Å². The summed E-state index contributed by atoms with van der Waals surface area (Å²) in [6.07, 6.45) is 2.24. The van der Waals surface area contributed by atoms with Crippen LogP contribution in [0.15, 0.2) is 0 Å². The lowest BCUT2D eigenvalue weighted by Crippen LogP contribution is -2.47. The predicted octanol–water partition coefficient (Wildman–Crippen LogP) is 1.17. The van der Waals surface area contributed by atoms with Gasteiger partial charge in [0.25, 0.3) is 0 Å². The van der Waals surface area contributed by atoms with Gasteiger partial charge in [0.05, 0.1) is 0 Å². The molecule has 0 radical (unpaired) electrons. The normalized spacial score (nSPS) is 15.3. The second-order valence-electron chi connectivity index (χ2n) is 4.03. The van der Waals surface area contributed by atoms with E-state index in [9.17, 15) is 4.79 Å². The number of rotatable bonds is 8. The van der Waals surface area contributed by atoms with Crippen LogP contribution in [0.3, 0.4) is 0 Å². The molecule has 0 rings (SSSR count). The average Bonchev–Trinajstić information content (AvgIpc) is 2.17. The quantitative estimate of drug-likeness (QED) is 0.639. The highest BCUT2D eigenvalue weighted by Crippen LogP contribution is 2.04. The minimum atomic E-state index is -0.771. The summed E-state index contributed by atoms with van der Waals surface area (Å²) < 4.78 is 0. The van der Waals surface area contributed by atoms with E-state index in [0.29, 0.717) is 19.1 Å². The topological polar surface area (TPSA) is 52.6 Å². The molecule has 0 aliphatic carbocycles. The lowest BCUT2D eigenvalue weighted by Gasteiger charge is -2.27. The third kappa shape index (κ3) is 5.74. The summed E-state index contributed by atoms with van der Waals surface area (Å²) in [4.78, 5) is 13.0. The van der Waals surface area contributed by atoms with Gasteiger partial charge in [0.2, 0.25) is 0 Å². The number of carbonyl (C=O) groups is 1. The van der Waals surface area contributed by atoms with E-state index in [0.717, 1.165) is 12.8 Å². The van der Waals surface area contributed by atoms with Crippen molar-refractivity contribution >= 4 is 5.97 Å². The highest BCUT2D eigenvalue weighted by atomic mass is 16.4. The van der Waals surface area contributed by atoms with Gasteiger partial charge in [0.15, 0.2) is 0 Å². The highest BCUT2D eigenvalue weighted by Gasteiger charge is 2.20. The molecule has 0 heterocycles. The Bertz CT molecular complexity index is 185. The number of nitrogens with one attached hydrogen (secondary N) is 1. The highest BCUT2D eigenvalue weighted by molar-refractivity contribution is 5.73. The van der Waals surface area contributed by atoms with Gasteiger partial charge in [-0.1, -0.05) is 20.3 Å². The molecule has 0 spiro atoms. The van der Waals surface area contributed by atoms with Crippen LogP contribution in [0.25, 0.3) is 0 Å². The van der Waals surface area contributed by atoms with Crippen LogP contribution < -0.4 is 5.32 Å². The maximum absolute atomic E-state index is 10.9. The van der Waals surface area contributed by atoms with Crippen LogP contribution >= 0.6 is 0 Å². The molecule has 0 aromatic carbocycles. The smallest absolute Gasteiger partial charge is 0.322 e. The number of carboxylic acids is 1. The van der Waals surface area contributed by atoms with E-state index < -0.39 is 12.0 Å². The van der Waals surface area contributed by atoms with E-state index in [1.54, 1.807) is 0 Å². The van der Waals surface area contributed by atoms with E-state index in [-0.39, 0.29) is 0 Å². The van der Waals surface area contributed by atoms with Crippen LogP contribution in [0.5, 0.6) is 0 Å². The molecular weight excluding hydrogens is 192 g/mol. The zero-order valence-electron chi connectivity index (χ0n) is 10.3. The molecule has 90 valence electrons. The first-order valence-corrected chi connectivity index (χ1v) is 5.69. The molecule has 0 aromatic heterocycles. The van der Waals surface area contributed by atoms with Crippen molar-refractivity contribution in [2.24, 2.45) is 0 Å². The van der Waals surface area contributed by atoms with Gasteiger partial charge in [-0.2, -0.15) is 0 Å². The molecular formula is C11H24N2O2. The van der Waals surface area contributed by atoms with Gasteiger partial charge in [-0.3, -0.25) is 4.79 Å². The van der Waals surface area contributed by atoms with E-state index in [2.05, 4.69) is 24.1 Å². The molecule has 4 nitrogen and oxygen atoms in total. The van der Waals surface area contributed by atoms with E-state index in [4.69, 9.17) is 5.11 Å². The molecule has 0 amide bonds. The van der Waals surface area contributed by atoms with Crippen LogP contribution in [0, 0.1) is 0 Å². The first-order chi connectivity index (χ1) is 7.02. The van der Waals surface area contributed by atoms with Crippen molar-refractivity contribution in [3.05, 3.63) is 0 Å². The summed E-state index contributed by atoms with van der Waals surface area (Å²) in [5.41, 5.74) is 0. The number of hydrogen-bond donors (Lipinski definition) is 2. The van der Waals surface area contributed by atoms with Gasteiger partial charge < -0.3 is 15.3 Å². The molecule has 0 aromatic rings. The third-order valence-electron chi connectivity index (χ3n) is 2.68. The molecule has 2 N–H and O–H groups in total. The largest absolute Gasteiger partial charge is 0.480 e. The Morgan fingerprint density at radius 2 is 2.07 bits per heavy atom. The number of carboxylic acid groups (broad SMARTS) is 1. The lowest BCUT2D eigenvalue weighted by molar-refractivity contribution is -0.140. The van der Waals surface area contributed by atoms with Crippen LogP contribution in [0.2, 0.25) is 0 Å². The monoisotopic (exact) mass is 216 g/mol. The standard InChI is InChI=1S/C11H24N2O2/c1-5-7-9(3)13(4)8-10(11(14)15)12-6-2/h9-10,12H,5-8H2,1-4H3,(H,14,15). The molecule has 4 heteroatoms. The minimum absolute atomic E-state index is 0.440. The Kier molecular flexibility index (Phi) is 7.34. The summed E-state index contributed by atoms with van der Waals surface area (Å²) in [5, 5.41) is 11.9. The molecule has 2 atom stereocenters. The summed E-state index contributed by atoms with van der Waals surface area (Å²) >= 11 is 0. The fraction of sp³-hybridized carbons (Fsp3) is 0.909. The SMILES string of the molecule is CCCC(C)N(C)CC(NCC)C(=O)O. The molecule has 0 aliphatic heterocycles. The Morgan fingerprint density at radius 3 is 2.47 bits per heavy atom. The molecule has 0 saturated carbocycles. The second-order valence-corrected chi connectivity index (χ2v) is 4.03. The van der Waals surface area contributed by atoms with Gasteiger partial charge >= 0.3 is 5.97 Å². The molecule has 0 saturated heterocycles. The first kappa shape index (κ1) is 14.4. The molecule has 2 unspecified atom stereocenters. The number of nitrogens with zero attached hydrogens (tertiary/aromatic N) is 1. The van der Waals surface area contributed by atoms with Crippen molar-refractivity contribution in [2.45, 2.75) is 45.7 Å². The Labute approximate surface area is 92.7 Å². The van der Waals surface area contributed by atoms with Gasteiger partial charge in [0, 0.05) is 12.6 Å². The number of likely N-dealkylation sites (N-methyl/N-ethyl adjacent to an activating group) is 2. The van der Waals surface area contributed by atoms with Crippen molar-refractivity contribution in [1.29, 1.82) is 0 Å². The first-order valence-electron chi connectivity index (χ1n) is 5.69. The predicted molar refractivity (Wildman–Crippen MR) is 62.1 cm³/mol. The molecule has 0 bridgehead atoms. The van der Waals surface area contributed by atoms with Crippen molar-refractivity contribution in [3.8, 4) is 0 Å².